The van der Waals surface area contributed by atoms with Crippen LogP contribution in [0.1, 0.15) is 15.9 Å². The fourth-order valence-electron chi connectivity index (χ4n) is 3.15. The number of halogens is 5. The van der Waals surface area contributed by atoms with Gasteiger partial charge in [0.2, 0.25) is 0 Å². The maximum absolute atomic E-state index is 13.3. The lowest BCUT2D eigenvalue weighted by molar-refractivity contribution is -0.137. The summed E-state index contributed by atoms with van der Waals surface area (Å²) in [5.74, 6) is -0.604. The molecule has 0 spiro atoms. The van der Waals surface area contributed by atoms with Crippen LogP contribution in [0.3, 0.4) is 0 Å². The fraction of sp³-hybridized carbons (Fsp3) is 0.300. The minimum absolute atomic E-state index is 0.0200. The van der Waals surface area contributed by atoms with Crippen molar-refractivity contribution in [2.45, 2.75) is 6.18 Å². The molecule has 2 aromatic carbocycles. The zero-order valence-electron chi connectivity index (χ0n) is 16.7. The molecule has 0 bridgehead atoms. The molecule has 0 aliphatic carbocycles. The highest BCUT2D eigenvalue weighted by atomic mass is 35.5. The summed E-state index contributed by atoms with van der Waals surface area (Å²) in [5, 5.41) is 5.24. The van der Waals surface area contributed by atoms with Gasteiger partial charge in [-0.3, -0.25) is 10.1 Å². The Hall–Kier alpha value is -2.27. The number of benzene rings is 2. The summed E-state index contributed by atoms with van der Waals surface area (Å²) in [5.41, 5.74) is -0.231. The first-order valence-electron chi connectivity index (χ1n) is 9.29. The molecule has 1 fully saturated rings. The van der Waals surface area contributed by atoms with Crippen molar-refractivity contribution in [2.75, 3.05) is 43.6 Å². The summed E-state index contributed by atoms with van der Waals surface area (Å²) in [4.78, 5) is 14.6. The van der Waals surface area contributed by atoms with E-state index in [-0.39, 0.29) is 32.2 Å². The van der Waals surface area contributed by atoms with Gasteiger partial charge in [-0.05, 0) is 42.5 Å². The number of carbonyl (C=O) groups is 1. The van der Waals surface area contributed by atoms with Gasteiger partial charge in [-0.15, -0.1) is 0 Å². The van der Waals surface area contributed by atoms with E-state index in [4.69, 9.17) is 44.9 Å². The topological polar surface area (TPSA) is 62.8 Å². The van der Waals surface area contributed by atoms with E-state index in [0.29, 0.717) is 32.0 Å². The van der Waals surface area contributed by atoms with Gasteiger partial charge < -0.3 is 19.7 Å². The molecular weight excluding hydrogens is 490 g/mol. The van der Waals surface area contributed by atoms with E-state index in [1.165, 1.54) is 25.3 Å². The molecule has 6 nitrogen and oxygen atoms in total. The number of amides is 1. The molecule has 0 radical (unpaired) electrons. The smallest absolute Gasteiger partial charge is 0.416 e. The van der Waals surface area contributed by atoms with Gasteiger partial charge in [-0.2, -0.15) is 13.2 Å². The molecule has 32 heavy (non-hydrogen) atoms. The van der Waals surface area contributed by atoms with Gasteiger partial charge in [0.25, 0.3) is 5.91 Å². The predicted molar refractivity (Wildman–Crippen MR) is 121 cm³/mol. The second kappa shape index (κ2) is 10.1. The highest BCUT2D eigenvalue weighted by Gasteiger charge is 2.32. The van der Waals surface area contributed by atoms with Crippen LogP contribution in [0.5, 0.6) is 5.75 Å². The molecule has 1 saturated heterocycles. The Kier molecular flexibility index (Phi) is 7.71. The van der Waals surface area contributed by atoms with Crippen molar-refractivity contribution in [3.05, 3.63) is 51.5 Å². The van der Waals surface area contributed by atoms with E-state index in [9.17, 15) is 18.0 Å². The van der Waals surface area contributed by atoms with Gasteiger partial charge in [-0.1, -0.05) is 23.2 Å². The Morgan fingerprint density at radius 2 is 1.88 bits per heavy atom. The number of methoxy groups -OCH3 is 1. The fourth-order valence-corrected chi connectivity index (χ4v) is 3.93. The lowest BCUT2D eigenvalue weighted by Gasteiger charge is -2.31. The van der Waals surface area contributed by atoms with Crippen LogP contribution >= 0.6 is 35.4 Å². The summed E-state index contributed by atoms with van der Waals surface area (Å²) in [6, 6.07) is 6.05. The summed E-state index contributed by atoms with van der Waals surface area (Å²) in [6.07, 6.45) is -4.55. The second-order valence-corrected chi connectivity index (χ2v) is 7.96. The van der Waals surface area contributed by atoms with Crippen molar-refractivity contribution in [1.82, 2.24) is 5.32 Å². The molecule has 1 aliphatic heterocycles. The van der Waals surface area contributed by atoms with E-state index in [0.717, 1.165) is 12.1 Å². The molecular formula is C20H18Cl2F3N3O3S. The Morgan fingerprint density at radius 1 is 1.19 bits per heavy atom. The third kappa shape index (κ3) is 5.74. The van der Waals surface area contributed by atoms with Crippen LogP contribution in [0, 0.1) is 0 Å². The SMILES string of the molecule is COc1c(Cl)cc(Cl)cc1C(=O)NC(=S)Nc1cc(C(F)(F)F)ccc1N1CCOCC1. The maximum Gasteiger partial charge on any atom is 0.416 e. The van der Waals surface area contributed by atoms with Gasteiger partial charge in [-0.25, -0.2) is 0 Å². The Balaban J connectivity index is 1.85. The molecule has 1 aliphatic rings. The van der Waals surface area contributed by atoms with Crippen LogP contribution < -0.4 is 20.3 Å². The molecule has 1 amide bonds. The minimum Gasteiger partial charge on any atom is -0.494 e. The number of nitrogens with zero attached hydrogens (tertiary/aromatic N) is 1. The third-order valence-corrected chi connectivity index (χ3v) is 5.31. The van der Waals surface area contributed by atoms with Crippen LogP contribution in [-0.2, 0) is 10.9 Å². The highest BCUT2D eigenvalue weighted by molar-refractivity contribution is 7.80. The summed E-state index contributed by atoms with van der Waals surface area (Å²) in [6.45, 7) is 1.88. The zero-order chi connectivity index (χ0) is 23.5. The molecule has 2 aromatic rings. The average Bonchev–Trinajstić information content (AvgIpc) is 2.73. The van der Waals surface area contributed by atoms with E-state index < -0.39 is 17.6 Å². The van der Waals surface area contributed by atoms with E-state index in [1.807, 2.05) is 4.90 Å². The lowest BCUT2D eigenvalue weighted by Crippen LogP contribution is -2.38. The molecule has 1 heterocycles. The number of alkyl halides is 3. The maximum atomic E-state index is 13.3. The van der Waals surface area contributed by atoms with Crippen LogP contribution in [-0.4, -0.2) is 44.4 Å². The van der Waals surface area contributed by atoms with Crippen molar-refractivity contribution >= 4 is 57.8 Å². The first kappa shape index (κ1) is 24.4. The first-order valence-corrected chi connectivity index (χ1v) is 10.5. The number of ether oxygens (including phenoxy) is 2. The zero-order valence-corrected chi connectivity index (χ0v) is 19.0. The average molecular weight is 508 g/mol. The van der Waals surface area contributed by atoms with Crippen molar-refractivity contribution < 1.29 is 27.4 Å². The van der Waals surface area contributed by atoms with Gasteiger partial charge in [0, 0.05) is 18.1 Å². The second-order valence-electron chi connectivity index (χ2n) is 6.71. The number of nitrogens with one attached hydrogen (secondary N) is 2. The van der Waals surface area contributed by atoms with Crippen molar-refractivity contribution in [3.8, 4) is 5.75 Å². The van der Waals surface area contributed by atoms with Crippen LogP contribution in [0.4, 0.5) is 24.5 Å². The first-order chi connectivity index (χ1) is 15.1. The van der Waals surface area contributed by atoms with Gasteiger partial charge >= 0.3 is 6.18 Å². The number of thiocarbonyl (C=S) groups is 1. The van der Waals surface area contributed by atoms with Crippen molar-refractivity contribution in [2.24, 2.45) is 0 Å². The number of carbonyl (C=O) groups excluding carboxylic acids is 1. The number of rotatable bonds is 4. The van der Waals surface area contributed by atoms with Crippen LogP contribution in [0.2, 0.25) is 10.0 Å². The Morgan fingerprint density at radius 3 is 2.50 bits per heavy atom. The van der Waals surface area contributed by atoms with E-state index >= 15 is 0 Å². The van der Waals surface area contributed by atoms with E-state index in [1.54, 1.807) is 0 Å². The number of anilines is 2. The lowest BCUT2D eigenvalue weighted by atomic mass is 10.1. The largest absolute Gasteiger partial charge is 0.494 e. The van der Waals surface area contributed by atoms with Gasteiger partial charge in [0.15, 0.2) is 5.11 Å². The van der Waals surface area contributed by atoms with Crippen molar-refractivity contribution in [1.29, 1.82) is 0 Å². The number of hydrogen-bond acceptors (Lipinski definition) is 5. The van der Waals surface area contributed by atoms with Crippen molar-refractivity contribution in [3.63, 3.8) is 0 Å². The van der Waals surface area contributed by atoms with Gasteiger partial charge in [0.05, 0.1) is 47.8 Å². The predicted octanol–water partition coefficient (Wildman–Crippen LogP) is 4.98. The third-order valence-electron chi connectivity index (χ3n) is 4.61. The summed E-state index contributed by atoms with van der Waals surface area (Å²) < 4.78 is 50.3. The molecule has 0 atom stereocenters. The monoisotopic (exact) mass is 507 g/mol. The standard InChI is InChI=1S/C20H18Cl2F3N3O3S/c1-30-17-13(9-12(21)10-14(17)22)18(29)27-19(32)26-15-8-11(20(23,24)25)2-3-16(15)28-4-6-31-7-5-28/h2-3,8-10H,4-7H2,1H3,(H2,26,27,29,32). The summed E-state index contributed by atoms with van der Waals surface area (Å²) in [7, 11) is 1.33. The molecule has 0 unspecified atom stereocenters. The quantitative estimate of drug-likeness (QED) is 0.568. The molecule has 0 saturated carbocycles. The Bertz CT molecular complexity index is 1030. The van der Waals surface area contributed by atoms with Crippen LogP contribution in [0.25, 0.3) is 0 Å². The molecule has 172 valence electrons. The molecule has 2 N–H and O–H groups in total. The van der Waals surface area contributed by atoms with E-state index in [2.05, 4.69) is 10.6 Å². The van der Waals surface area contributed by atoms with Gasteiger partial charge in [0.1, 0.15) is 5.75 Å². The minimum atomic E-state index is -4.55. The summed E-state index contributed by atoms with van der Waals surface area (Å²) >= 11 is 17.2. The number of morpholine rings is 1. The molecule has 3 rings (SSSR count). The molecule has 12 heteroatoms. The van der Waals surface area contributed by atoms with Crippen LogP contribution in [0.15, 0.2) is 30.3 Å². The Labute approximate surface area is 197 Å². The molecule has 0 aromatic heterocycles. The number of hydrogen-bond donors (Lipinski definition) is 2. The normalized spacial score (nSPS) is 14.1. The highest BCUT2D eigenvalue weighted by Crippen LogP contribution is 2.36.